The number of amides is 1. The van der Waals surface area contributed by atoms with Gasteiger partial charge in [0, 0.05) is 24.3 Å². The van der Waals surface area contributed by atoms with Crippen LogP contribution in [0.4, 0.5) is 11.7 Å². The molecule has 1 aromatic heterocycles. The fourth-order valence-electron chi connectivity index (χ4n) is 1.92. The van der Waals surface area contributed by atoms with E-state index in [1.54, 1.807) is 23.1 Å². The summed E-state index contributed by atoms with van der Waals surface area (Å²) in [6, 6.07) is 5.86. The van der Waals surface area contributed by atoms with Gasteiger partial charge in [0.1, 0.15) is 12.1 Å². The summed E-state index contributed by atoms with van der Waals surface area (Å²) >= 11 is 0. The number of nitrogens with zero attached hydrogens (tertiary/aromatic N) is 2. The second kappa shape index (κ2) is 5.81. The molecule has 6 nitrogen and oxygen atoms in total. The Kier molecular flexibility index (Phi) is 4.12. The van der Waals surface area contributed by atoms with Gasteiger partial charge >= 0.3 is 0 Å². The molecule has 0 aliphatic carbocycles. The van der Waals surface area contributed by atoms with E-state index in [1.165, 1.54) is 0 Å². The lowest BCUT2D eigenvalue weighted by Gasteiger charge is -2.18. The topological polar surface area (TPSA) is 84.4 Å². The van der Waals surface area contributed by atoms with E-state index in [-0.39, 0.29) is 18.5 Å². The molecule has 6 heteroatoms. The molecule has 2 rings (SSSR count). The van der Waals surface area contributed by atoms with E-state index in [0.717, 1.165) is 5.52 Å². The number of carbonyl (C=O) groups is 1. The van der Waals surface area contributed by atoms with Gasteiger partial charge in [-0.1, -0.05) is 0 Å². The van der Waals surface area contributed by atoms with Gasteiger partial charge in [-0.15, -0.1) is 0 Å². The molecular formula is C14H20N4O2. The molecular weight excluding hydrogens is 256 g/mol. The minimum atomic E-state index is -0.0522. The van der Waals surface area contributed by atoms with Crippen LogP contribution in [0.2, 0.25) is 0 Å². The highest BCUT2D eigenvalue weighted by Gasteiger charge is 2.16. The molecule has 0 aliphatic rings. The average molecular weight is 276 g/mol. The largest absolute Gasteiger partial charge is 0.423 e. The zero-order valence-electron chi connectivity index (χ0n) is 12.0. The van der Waals surface area contributed by atoms with Gasteiger partial charge in [0.2, 0.25) is 5.91 Å². The van der Waals surface area contributed by atoms with Gasteiger partial charge in [0.25, 0.3) is 6.01 Å². The molecule has 1 aromatic carbocycles. The zero-order valence-corrected chi connectivity index (χ0v) is 12.0. The standard InChI is InChI=1S/C14H20N4O2/c1-4-18(8-13(19)16-9(2)3)14-17-11-6-5-10(15)7-12(11)20-14/h5-7,9H,4,8,15H2,1-3H3,(H,16,19). The van der Waals surface area contributed by atoms with Crippen molar-refractivity contribution in [3.05, 3.63) is 18.2 Å². The number of anilines is 2. The lowest BCUT2D eigenvalue weighted by Crippen LogP contribution is -2.40. The van der Waals surface area contributed by atoms with Gasteiger partial charge in [-0.2, -0.15) is 4.98 Å². The van der Waals surface area contributed by atoms with E-state index < -0.39 is 0 Å². The van der Waals surface area contributed by atoms with Crippen LogP contribution < -0.4 is 16.0 Å². The number of nitrogen functional groups attached to an aromatic ring is 1. The van der Waals surface area contributed by atoms with E-state index in [4.69, 9.17) is 10.2 Å². The Balaban J connectivity index is 2.18. The number of benzene rings is 1. The Morgan fingerprint density at radius 3 is 2.90 bits per heavy atom. The number of fused-ring (bicyclic) bond motifs is 1. The minimum absolute atomic E-state index is 0.0522. The van der Waals surface area contributed by atoms with Gasteiger partial charge in [-0.3, -0.25) is 4.79 Å². The third-order valence-corrected chi connectivity index (χ3v) is 2.84. The number of hydrogen-bond donors (Lipinski definition) is 2. The summed E-state index contributed by atoms with van der Waals surface area (Å²) in [7, 11) is 0. The van der Waals surface area contributed by atoms with Crippen molar-refractivity contribution >= 4 is 28.7 Å². The number of carbonyl (C=O) groups excluding carboxylic acids is 1. The van der Waals surface area contributed by atoms with Crippen LogP contribution in [0.5, 0.6) is 0 Å². The van der Waals surface area contributed by atoms with Crippen LogP contribution in [-0.2, 0) is 4.79 Å². The Morgan fingerprint density at radius 1 is 1.50 bits per heavy atom. The SMILES string of the molecule is CCN(CC(=O)NC(C)C)c1nc2ccc(N)cc2o1. The smallest absolute Gasteiger partial charge is 0.298 e. The molecule has 2 aromatic rings. The molecule has 0 saturated heterocycles. The van der Waals surface area contributed by atoms with E-state index >= 15 is 0 Å². The summed E-state index contributed by atoms with van der Waals surface area (Å²) in [6.45, 7) is 6.66. The maximum Gasteiger partial charge on any atom is 0.298 e. The monoisotopic (exact) mass is 276 g/mol. The summed E-state index contributed by atoms with van der Waals surface area (Å²) < 4.78 is 5.66. The summed E-state index contributed by atoms with van der Waals surface area (Å²) in [5.41, 5.74) is 7.70. The van der Waals surface area contributed by atoms with E-state index in [0.29, 0.717) is 23.8 Å². The number of aromatic nitrogens is 1. The van der Waals surface area contributed by atoms with Crippen LogP contribution in [0.1, 0.15) is 20.8 Å². The van der Waals surface area contributed by atoms with Crippen molar-refractivity contribution in [3.8, 4) is 0 Å². The first-order chi connectivity index (χ1) is 9.49. The molecule has 0 aliphatic heterocycles. The van der Waals surface area contributed by atoms with Gasteiger partial charge in [-0.25, -0.2) is 0 Å². The lowest BCUT2D eigenvalue weighted by molar-refractivity contribution is -0.120. The maximum absolute atomic E-state index is 11.8. The molecule has 3 N–H and O–H groups in total. The Bertz CT molecular complexity index is 606. The van der Waals surface area contributed by atoms with Crippen LogP contribution in [0.15, 0.2) is 22.6 Å². The molecule has 0 radical (unpaired) electrons. The minimum Gasteiger partial charge on any atom is -0.423 e. The summed E-state index contributed by atoms with van der Waals surface area (Å²) in [5, 5.41) is 2.85. The Morgan fingerprint density at radius 2 is 2.25 bits per heavy atom. The maximum atomic E-state index is 11.8. The number of nitrogens with one attached hydrogen (secondary N) is 1. The van der Waals surface area contributed by atoms with Crippen molar-refractivity contribution in [2.24, 2.45) is 0 Å². The molecule has 0 saturated carbocycles. The summed E-state index contributed by atoms with van der Waals surface area (Å²) in [5.74, 6) is -0.0522. The Hall–Kier alpha value is -2.24. The molecule has 108 valence electrons. The molecule has 0 bridgehead atoms. The van der Waals surface area contributed by atoms with Crippen molar-refractivity contribution in [2.45, 2.75) is 26.8 Å². The van der Waals surface area contributed by atoms with E-state index in [2.05, 4.69) is 10.3 Å². The van der Waals surface area contributed by atoms with E-state index in [1.807, 2.05) is 20.8 Å². The molecule has 0 atom stereocenters. The van der Waals surface area contributed by atoms with Crippen LogP contribution in [0.3, 0.4) is 0 Å². The molecule has 1 amide bonds. The second-order valence-corrected chi connectivity index (χ2v) is 4.96. The number of rotatable bonds is 5. The van der Waals surface area contributed by atoms with Crippen molar-refractivity contribution in [3.63, 3.8) is 0 Å². The highest BCUT2D eigenvalue weighted by molar-refractivity contribution is 5.82. The highest BCUT2D eigenvalue weighted by Crippen LogP contribution is 2.23. The number of oxazole rings is 1. The van der Waals surface area contributed by atoms with Crippen molar-refractivity contribution in [1.29, 1.82) is 0 Å². The van der Waals surface area contributed by atoms with E-state index in [9.17, 15) is 4.79 Å². The fraction of sp³-hybridized carbons (Fsp3) is 0.429. The predicted octanol–water partition coefficient (Wildman–Crippen LogP) is 1.76. The third-order valence-electron chi connectivity index (χ3n) is 2.84. The number of hydrogen-bond acceptors (Lipinski definition) is 5. The average Bonchev–Trinajstić information content (AvgIpc) is 2.77. The lowest BCUT2D eigenvalue weighted by atomic mass is 10.3. The number of nitrogens with two attached hydrogens (primary N) is 1. The van der Waals surface area contributed by atoms with Gasteiger partial charge in [0.15, 0.2) is 5.58 Å². The van der Waals surface area contributed by atoms with Crippen LogP contribution in [0, 0.1) is 0 Å². The Labute approximate surface area is 117 Å². The first-order valence-corrected chi connectivity index (χ1v) is 6.70. The van der Waals surface area contributed by atoms with Gasteiger partial charge < -0.3 is 20.4 Å². The second-order valence-electron chi connectivity index (χ2n) is 4.96. The number of likely N-dealkylation sites (N-methyl/N-ethyl adjacent to an activating group) is 1. The predicted molar refractivity (Wildman–Crippen MR) is 79.6 cm³/mol. The zero-order chi connectivity index (χ0) is 14.7. The van der Waals surface area contributed by atoms with Crippen molar-refractivity contribution < 1.29 is 9.21 Å². The third kappa shape index (κ3) is 3.20. The van der Waals surface area contributed by atoms with Crippen LogP contribution >= 0.6 is 0 Å². The molecule has 0 spiro atoms. The summed E-state index contributed by atoms with van der Waals surface area (Å²) in [4.78, 5) is 18.0. The van der Waals surface area contributed by atoms with Crippen molar-refractivity contribution in [1.82, 2.24) is 10.3 Å². The quantitative estimate of drug-likeness (QED) is 0.813. The summed E-state index contributed by atoms with van der Waals surface area (Å²) in [6.07, 6.45) is 0. The molecule has 20 heavy (non-hydrogen) atoms. The normalized spacial score (nSPS) is 11.0. The highest BCUT2D eigenvalue weighted by atomic mass is 16.4. The molecule has 0 unspecified atom stereocenters. The first-order valence-electron chi connectivity index (χ1n) is 6.70. The molecule has 0 fully saturated rings. The molecule has 1 heterocycles. The van der Waals surface area contributed by atoms with Crippen LogP contribution in [0.25, 0.3) is 11.1 Å². The van der Waals surface area contributed by atoms with Crippen LogP contribution in [-0.4, -0.2) is 30.0 Å². The van der Waals surface area contributed by atoms with Crippen molar-refractivity contribution in [2.75, 3.05) is 23.7 Å². The fourth-order valence-corrected chi connectivity index (χ4v) is 1.92. The van der Waals surface area contributed by atoms with Gasteiger partial charge in [0.05, 0.1) is 0 Å². The first kappa shape index (κ1) is 14.2. The van der Waals surface area contributed by atoms with Gasteiger partial charge in [-0.05, 0) is 32.9 Å².